The zero-order valence-electron chi connectivity index (χ0n) is 10.9. The average Bonchev–Trinajstić information content (AvgIpc) is 2.52. The Labute approximate surface area is 105 Å². The molecule has 0 aliphatic heterocycles. The second kappa shape index (κ2) is 4.41. The van der Waals surface area contributed by atoms with Crippen LogP contribution in [0.15, 0.2) is 22.6 Å². The van der Waals surface area contributed by atoms with Crippen LogP contribution < -0.4 is 0 Å². The number of carbonyl (C=O) groups is 1. The van der Waals surface area contributed by atoms with Crippen molar-refractivity contribution in [3.05, 3.63) is 57.8 Å². The molecular formula is C15H15FO2. The summed E-state index contributed by atoms with van der Waals surface area (Å²) in [5.74, 6) is 0.912. The van der Waals surface area contributed by atoms with E-state index in [-0.39, 0.29) is 11.6 Å². The van der Waals surface area contributed by atoms with Gasteiger partial charge in [0.05, 0.1) is 5.56 Å². The minimum absolute atomic E-state index is 0.112. The molecule has 2 nitrogen and oxygen atoms in total. The third-order valence-corrected chi connectivity index (χ3v) is 3.22. The van der Waals surface area contributed by atoms with Crippen LogP contribution in [0.4, 0.5) is 4.39 Å². The smallest absolute Gasteiger partial charge is 0.197 e. The number of hydrogen-bond donors (Lipinski definition) is 0. The molecule has 0 aliphatic carbocycles. The molecule has 0 spiro atoms. The van der Waals surface area contributed by atoms with Gasteiger partial charge >= 0.3 is 0 Å². The first kappa shape index (κ1) is 12.6. The molecule has 0 saturated heterocycles. The van der Waals surface area contributed by atoms with E-state index in [2.05, 4.69) is 0 Å². The Morgan fingerprint density at radius 3 is 2.28 bits per heavy atom. The maximum Gasteiger partial charge on any atom is 0.197 e. The predicted molar refractivity (Wildman–Crippen MR) is 67.5 cm³/mol. The van der Waals surface area contributed by atoms with E-state index in [1.54, 1.807) is 13.8 Å². The van der Waals surface area contributed by atoms with Crippen LogP contribution in [0.2, 0.25) is 0 Å². The molecule has 3 heteroatoms. The summed E-state index contributed by atoms with van der Waals surface area (Å²) in [6.07, 6.45) is 0. The van der Waals surface area contributed by atoms with Crippen molar-refractivity contribution >= 4 is 5.78 Å². The van der Waals surface area contributed by atoms with Gasteiger partial charge < -0.3 is 4.42 Å². The highest BCUT2D eigenvalue weighted by atomic mass is 19.1. The largest absolute Gasteiger partial charge is 0.466 e. The van der Waals surface area contributed by atoms with Gasteiger partial charge in [-0.05, 0) is 51.5 Å². The Morgan fingerprint density at radius 2 is 1.78 bits per heavy atom. The van der Waals surface area contributed by atoms with Crippen molar-refractivity contribution in [2.75, 3.05) is 0 Å². The molecule has 2 aromatic rings. The number of benzene rings is 1. The van der Waals surface area contributed by atoms with Crippen molar-refractivity contribution in [3.63, 3.8) is 0 Å². The fourth-order valence-corrected chi connectivity index (χ4v) is 2.14. The van der Waals surface area contributed by atoms with Gasteiger partial charge in [-0.25, -0.2) is 4.39 Å². The summed E-state index contributed by atoms with van der Waals surface area (Å²) in [5, 5.41) is 0. The van der Waals surface area contributed by atoms with E-state index < -0.39 is 0 Å². The highest BCUT2D eigenvalue weighted by Gasteiger charge is 2.21. The van der Waals surface area contributed by atoms with Gasteiger partial charge in [0.25, 0.3) is 0 Å². The van der Waals surface area contributed by atoms with E-state index >= 15 is 0 Å². The Balaban J connectivity index is 2.55. The fourth-order valence-electron chi connectivity index (χ4n) is 2.14. The molecule has 0 unspecified atom stereocenters. The van der Waals surface area contributed by atoms with Gasteiger partial charge in [-0.2, -0.15) is 0 Å². The van der Waals surface area contributed by atoms with Crippen molar-refractivity contribution < 1.29 is 13.6 Å². The summed E-state index contributed by atoms with van der Waals surface area (Å²) in [6, 6.07) is 4.19. The third-order valence-electron chi connectivity index (χ3n) is 3.22. The number of furan rings is 1. The summed E-state index contributed by atoms with van der Waals surface area (Å²) in [7, 11) is 0. The SMILES string of the molecule is Cc1cc(F)ccc1C(=O)c1c(C)oc(C)c1C. The Bertz CT molecular complexity index is 624. The number of carbonyl (C=O) groups excluding carboxylic acids is 1. The summed E-state index contributed by atoms with van der Waals surface area (Å²) in [5.41, 5.74) is 2.59. The van der Waals surface area contributed by atoms with Gasteiger partial charge in [-0.3, -0.25) is 4.79 Å². The molecule has 2 rings (SSSR count). The van der Waals surface area contributed by atoms with E-state index in [0.717, 1.165) is 11.3 Å². The molecule has 0 fully saturated rings. The van der Waals surface area contributed by atoms with E-state index in [1.807, 2.05) is 13.8 Å². The molecule has 1 aromatic carbocycles. The van der Waals surface area contributed by atoms with Crippen LogP contribution in [-0.2, 0) is 0 Å². The molecule has 0 amide bonds. The quantitative estimate of drug-likeness (QED) is 0.753. The minimum atomic E-state index is -0.333. The summed E-state index contributed by atoms with van der Waals surface area (Å²) < 4.78 is 18.5. The van der Waals surface area contributed by atoms with Crippen LogP contribution in [-0.4, -0.2) is 5.78 Å². The number of hydrogen-bond acceptors (Lipinski definition) is 2. The highest BCUT2D eigenvalue weighted by molar-refractivity contribution is 6.11. The van der Waals surface area contributed by atoms with Crippen LogP contribution in [0.3, 0.4) is 0 Å². The number of halogens is 1. The lowest BCUT2D eigenvalue weighted by Crippen LogP contribution is -2.06. The number of aryl methyl sites for hydroxylation is 3. The predicted octanol–water partition coefficient (Wildman–Crippen LogP) is 3.88. The third kappa shape index (κ3) is 1.96. The number of rotatable bonds is 2. The van der Waals surface area contributed by atoms with E-state index in [9.17, 15) is 9.18 Å². The lowest BCUT2D eigenvalue weighted by Gasteiger charge is -2.05. The van der Waals surface area contributed by atoms with Gasteiger partial charge in [-0.1, -0.05) is 0 Å². The Hall–Kier alpha value is -1.90. The molecule has 1 heterocycles. The molecule has 94 valence electrons. The number of ketones is 1. The molecule has 0 saturated carbocycles. The minimum Gasteiger partial charge on any atom is -0.466 e. The zero-order chi connectivity index (χ0) is 13.4. The van der Waals surface area contributed by atoms with Gasteiger partial charge in [0.1, 0.15) is 17.3 Å². The molecule has 1 aromatic heterocycles. The lowest BCUT2D eigenvalue weighted by atomic mass is 9.96. The van der Waals surface area contributed by atoms with E-state index in [1.165, 1.54) is 18.2 Å². The first-order valence-electron chi connectivity index (χ1n) is 5.79. The first-order chi connectivity index (χ1) is 8.41. The van der Waals surface area contributed by atoms with Crippen LogP contribution in [0.5, 0.6) is 0 Å². The lowest BCUT2D eigenvalue weighted by molar-refractivity contribution is 0.103. The van der Waals surface area contributed by atoms with Crippen LogP contribution in [0.25, 0.3) is 0 Å². The maximum absolute atomic E-state index is 13.0. The van der Waals surface area contributed by atoms with Gasteiger partial charge in [-0.15, -0.1) is 0 Å². The Kier molecular flexibility index (Phi) is 3.07. The molecular weight excluding hydrogens is 231 g/mol. The van der Waals surface area contributed by atoms with Crippen molar-refractivity contribution in [1.82, 2.24) is 0 Å². The monoisotopic (exact) mass is 246 g/mol. The van der Waals surface area contributed by atoms with Crippen molar-refractivity contribution in [3.8, 4) is 0 Å². The van der Waals surface area contributed by atoms with Crippen LogP contribution >= 0.6 is 0 Å². The topological polar surface area (TPSA) is 30.2 Å². The van der Waals surface area contributed by atoms with Gasteiger partial charge in [0.15, 0.2) is 5.78 Å². The average molecular weight is 246 g/mol. The summed E-state index contributed by atoms with van der Waals surface area (Å²) >= 11 is 0. The standard InChI is InChI=1S/C15H15FO2/c1-8-7-12(16)5-6-13(8)15(17)14-9(2)10(3)18-11(14)4/h5-7H,1-4H3. The maximum atomic E-state index is 13.0. The normalized spacial score (nSPS) is 10.7. The zero-order valence-corrected chi connectivity index (χ0v) is 10.9. The van der Waals surface area contributed by atoms with E-state index in [0.29, 0.717) is 22.5 Å². The van der Waals surface area contributed by atoms with Gasteiger partial charge in [0.2, 0.25) is 0 Å². The van der Waals surface area contributed by atoms with Gasteiger partial charge in [0, 0.05) is 11.1 Å². The molecule has 0 aliphatic rings. The van der Waals surface area contributed by atoms with Crippen LogP contribution in [0, 0.1) is 33.5 Å². The highest BCUT2D eigenvalue weighted by Crippen LogP contribution is 2.25. The molecule has 0 N–H and O–H groups in total. The molecule has 18 heavy (non-hydrogen) atoms. The van der Waals surface area contributed by atoms with Crippen molar-refractivity contribution in [2.24, 2.45) is 0 Å². The van der Waals surface area contributed by atoms with Crippen molar-refractivity contribution in [2.45, 2.75) is 27.7 Å². The molecule has 0 radical (unpaired) electrons. The second-order valence-corrected chi connectivity index (χ2v) is 4.50. The second-order valence-electron chi connectivity index (χ2n) is 4.50. The van der Waals surface area contributed by atoms with Crippen LogP contribution in [0.1, 0.15) is 38.6 Å². The molecule has 0 bridgehead atoms. The van der Waals surface area contributed by atoms with E-state index in [4.69, 9.17) is 4.42 Å². The fraction of sp³-hybridized carbons (Fsp3) is 0.267. The Morgan fingerprint density at radius 1 is 1.11 bits per heavy atom. The summed E-state index contributed by atoms with van der Waals surface area (Å²) in [4.78, 5) is 12.5. The molecule has 0 atom stereocenters. The van der Waals surface area contributed by atoms with Crippen molar-refractivity contribution in [1.29, 1.82) is 0 Å². The first-order valence-corrected chi connectivity index (χ1v) is 5.79. The summed E-state index contributed by atoms with van der Waals surface area (Å²) in [6.45, 7) is 7.19.